The number of unbranched alkanes of at least 4 members (excludes halogenated alkanes) is 42. The first kappa shape index (κ1) is 64.0. The van der Waals surface area contributed by atoms with Gasteiger partial charge in [0.1, 0.15) is 12.7 Å². The molecule has 2 atom stereocenters. The average molecular weight is 944 g/mol. The molecule has 2 unspecified atom stereocenters. The Labute approximate surface area is 403 Å². The number of rotatable bonds is 55. The number of phosphoric acid groups is 1. The smallest absolute Gasteiger partial charge is 0.463 e. The lowest BCUT2D eigenvalue weighted by Crippen LogP contribution is -2.27. The van der Waals surface area contributed by atoms with Crippen molar-refractivity contribution in [2.75, 3.05) is 26.4 Å². The summed E-state index contributed by atoms with van der Waals surface area (Å²) in [7, 11) is -4.42. The molecular weight excluding hydrogens is 834 g/mol. The molecule has 0 aliphatic heterocycles. The van der Waals surface area contributed by atoms with E-state index in [9.17, 15) is 24.2 Å². The van der Waals surface area contributed by atoms with Gasteiger partial charge in [-0.3, -0.25) is 18.6 Å². The number of phosphoric ester groups is 1. The maximum absolute atomic E-state index is 12.2. The van der Waals surface area contributed by atoms with Crippen LogP contribution in [0.4, 0.5) is 0 Å². The van der Waals surface area contributed by atoms with Gasteiger partial charge in [-0.15, -0.1) is 0 Å². The molecule has 10 heteroatoms. The van der Waals surface area contributed by atoms with Gasteiger partial charge < -0.3 is 20.1 Å². The number of nitrogens with one attached hydrogen (secondary N) is 1. The van der Waals surface area contributed by atoms with E-state index in [1.807, 2.05) is 0 Å². The molecule has 65 heavy (non-hydrogen) atoms. The van der Waals surface area contributed by atoms with Gasteiger partial charge in [-0.25, -0.2) is 4.57 Å². The van der Waals surface area contributed by atoms with E-state index in [2.05, 4.69) is 19.2 Å². The summed E-state index contributed by atoms with van der Waals surface area (Å²) < 4.78 is 27.1. The molecular formula is C55H110NO8P. The number of esters is 1. The zero-order valence-electron chi connectivity index (χ0n) is 43.2. The second-order valence-corrected chi connectivity index (χ2v) is 21.1. The summed E-state index contributed by atoms with van der Waals surface area (Å²) >= 11 is 0. The van der Waals surface area contributed by atoms with Crippen LogP contribution in [0.3, 0.4) is 0 Å². The summed E-state index contributed by atoms with van der Waals surface area (Å²) in [5, 5.41) is 12.8. The molecule has 0 bridgehead atoms. The van der Waals surface area contributed by atoms with E-state index in [0.29, 0.717) is 12.8 Å². The minimum absolute atomic E-state index is 0.0891. The van der Waals surface area contributed by atoms with Gasteiger partial charge in [0, 0.05) is 19.4 Å². The SMILES string of the molecule is CCCCCCCCCCCCCCCCCCCCCCCCCCC(=O)NCCOP(=O)(O)OCC(O)COC(=O)CCCCCCCCCCCCCCCCCCCCCC. The molecule has 0 aromatic heterocycles. The van der Waals surface area contributed by atoms with Crippen LogP contribution < -0.4 is 5.32 Å². The van der Waals surface area contributed by atoms with E-state index in [-0.39, 0.29) is 25.7 Å². The van der Waals surface area contributed by atoms with Crippen molar-refractivity contribution in [1.29, 1.82) is 0 Å². The lowest BCUT2D eigenvalue weighted by atomic mass is 10.0. The van der Waals surface area contributed by atoms with Crippen molar-refractivity contribution >= 4 is 19.7 Å². The Morgan fingerprint density at radius 2 is 0.692 bits per heavy atom. The number of hydrogen-bond donors (Lipinski definition) is 3. The van der Waals surface area contributed by atoms with E-state index in [1.54, 1.807) is 0 Å². The lowest BCUT2D eigenvalue weighted by Gasteiger charge is -2.15. The van der Waals surface area contributed by atoms with Crippen molar-refractivity contribution in [3.63, 3.8) is 0 Å². The van der Waals surface area contributed by atoms with Crippen LogP contribution in [0, 0.1) is 0 Å². The molecule has 0 radical (unpaired) electrons. The van der Waals surface area contributed by atoms with Crippen molar-refractivity contribution in [3.8, 4) is 0 Å². The predicted molar refractivity (Wildman–Crippen MR) is 275 cm³/mol. The molecule has 0 spiro atoms. The first-order chi connectivity index (χ1) is 31.8. The normalized spacial score (nSPS) is 13.0. The highest BCUT2D eigenvalue weighted by molar-refractivity contribution is 7.47. The molecule has 1 amide bonds. The van der Waals surface area contributed by atoms with Crippen LogP contribution in [0.1, 0.15) is 309 Å². The van der Waals surface area contributed by atoms with E-state index < -0.39 is 26.5 Å². The Morgan fingerprint density at radius 1 is 0.415 bits per heavy atom. The predicted octanol–water partition coefficient (Wildman–Crippen LogP) is 17.1. The van der Waals surface area contributed by atoms with Crippen molar-refractivity contribution < 1.29 is 37.9 Å². The zero-order chi connectivity index (χ0) is 47.4. The van der Waals surface area contributed by atoms with Gasteiger partial charge in [0.15, 0.2) is 0 Å². The van der Waals surface area contributed by atoms with E-state index in [1.165, 1.54) is 244 Å². The van der Waals surface area contributed by atoms with Crippen LogP contribution in [0.15, 0.2) is 0 Å². The highest BCUT2D eigenvalue weighted by atomic mass is 31.2. The molecule has 0 aliphatic carbocycles. The lowest BCUT2D eigenvalue weighted by molar-refractivity contribution is -0.147. The third kappa shape index (κ3) is 53.8. The van der Waals surface area contributed by atoms with Gasteiger partial charge in [0.05, 0.1) is 13.2 Å². The highest BCUT2D eigenvalue weighted by Crippen LogP contribution is 2.43. The fourth-order valence-corrected chi connectivity index (χ4v) is 9.50. The fourth-order valence-electron chi connectivity index (χ4n) is 8.74. The number of aliphatic hydroxyl groups is 1. The molecule has 0 saturated heterocycles. The number of aliphatic hydroxyl groups excluding tert-OH is 1. The Balaban J connectivity index is 3.47. The summed E-state index contributed by atoms with van der Waals surface area (Å²) in [6.45, 7) is 3.64. The van der Waals surface area contributed by atoms with Crippen LogP contribution in [-0.2, 0) is 27.9 Å². The molecule has 388 valence electrons. The Kier molecular flexibility index (Phi) is 51.6. The summed E-state index contributed by atoms with van der Waals surface area (Å²) in [5.74, 6) is -0.495. The zero-order valence-corrected chi connectivity index (χ0v) is 44.1. The van der Waals surface area contributed by atoms with Gasteiger partial charge >= 0.3 is 13.8 Å². The summed E-state index contributed by atoms with van der Waals surface area (Å²) in [6.07, 6.45) is 57.7. The Bertz CT molecular complexity index is 1030. The second-order valence-electron chi connectivity index (χ2n) is 19.6. The summed E-state index contributed by atoms with van der Waals surface area (Å²) in [4.78, 5) is 34.1. The minimum atomic E-state index is -4.42. The maximum atomic E-state index is 12.2. The molecule has 0 heterocycles. The first-order valence-electron chi connectivity index (χ1n) is 28.5. The molecule has 3 N–H and O–H groups in total. The standard InChI is InChI=1S/C55H110NO8P/c1-3-5-7-9-11-13-15-17-19-21-23-25-26-27-28-29-31-33-35-37-39-41-43-45-47-54(58)56-49-50-63-65(60,61)64-52-53(57)51-62-55(59)48-46-44-42-40-38-36-34-32-30-24-22-20-18-16-14-12-10-8-6-4-2/h53,57H,3-52H2,1-2H3,(H,56,58)(H,60,61). The van der Waals surface area contributed by atoms with Crippen molar-refractivity contribution in [2.24, 2.45) is 0 Å². The number of carbonyl (C=O) groups excluding carboxylic acids is 2. The Hall–Kier alpha value is -0.990. The maximum Gasteiger partial charge on any atom is 0.472 e. The third-order valence-corrected chi connectivity index (χ3v) is 14.0. The number of ether oxygens (including phenoxy) is 1. The van der Waals surface area contributed by atoms with Crippen LogP contribution in [0.5, 0.6) is 0 Å². The van der Waals surface area contributed by atoms with E-state index in [0.717, 1.165) is 38.5 Å². The first-order valence-corrected chi connectivity index (χ1v) is 30.0. The van der Waals surface area contributed by atoms with Crippen molar-refractivity contribution in [1.82, 2.24) is 5.32 Å². The molecule has 0 aromatic carbocycles. The molecule has 0 aromatic rings. The molecule has 0 rings (SSSR count). The second kappa shape index (κ2) is 52.4. The van der Waals surface area contributed by atoms with Gasteiger partial charge in [-0.2, -0.15) is 0 Å². The van der Waals surface area contributed by atoms with Crippen LogP contribution in [0.25, 0.3) is 0 Å². The van der Waals surface area contributed by atoms with Crippen LogP contribution in [-0.4, -0.2) is 54.3 Å². The third-order valence-electron chi connectivity index (χ3n) is 13.0. The number of hydrogen-bond acceptors (Lipinski definition) is 7. The van der Waals surface area contributed by atoms with E-state index >= 15 is 0 Å². The van der Waals surface area contributed by atoms with Crippen molar-refractivity contribution in [3.05, 3.63) is 0 Å². The van der Waals surface area contributed by atoms with Gasteiger partial charge in [-0.05, 0) is 12.8 Å². The quantitative estimate of drug-likeness (QED) is 0.0312. The molecule has 9 nitrogen and oxygen atoms in total. The Morgan fingerprint density at radius 3 is 1.00 bits per heavy atom. The number of amides is 1. The van der Waals surface area contributed by atoms with Crippen LogP contribution in [0.2, 0.25) is 0 Å². The van der Waals surface area contributed by atoms with Gasteiger partial charge in [-0.1, -0.05) is 284 Å². The van der Waals surface area contributed by atoms with E-state index in [4.69, 9.17) is 13.8 Å². The summed E-state index contributed by atoms with van der Waals surface area (Å²) in [6, 6.07) is 0. The number of carbonyl (C=O) groups is 2. The molecule has 0 fully saturated rings. The largest absolute Gasteiger partial charge is 0.472 e. The average Bonchev–Trinajstić information content (AvgIpc) is 3.29. The fraction of sp³-hybridized carbons (Fsp3) is 0.964. The van der Waals surface area contributed by atoms with Gasteiger partial charge in [0.25, 0.3) is 0 Å². The highest BCUT2D eigenvalue weighted by Gasteiger charge is 2.23. The van der Waals surface area contributed by atoms with Gasteiger partial charge in [0.2, 0.25) is 5.91 Å². The molecule has 0 saturated carbocycles. The van der Waals surface area contributed by atoms with Crippen LogP contribution >= 0.6 is 7.82 Å². The molecule has 0 aliphatic rings. The topological polar surface area (TPSA) is 131 Å². The monoisotopic (exact) mass is 944 g/mol. The van der Waals surface area contributed by atoms with Crippen molar-refractivity contribution in [2.45, 2.75) is 315 Å². The summed E-state index contributed by atoms with van der Waals surface area (Å²) in [5.41, 5.74) is 0. The minimum Gasteiger partial charge on any atom is -0.463 e.